The van der Waals surface area contributed by atoms with Crippen molar-refractivity contribution < 1.29 is 9.59 Å². The number of aryl methyl sites for hydroxylation is 1. The highest BCUT2D eigenvalue weighted by Gasteiger charge is 2.31. The van der Waals surface area contributed by atoms with Gasteiger partial charge in [0.15, 0.2) is 11.5 Å². The van der Waals surface area contributed by atoms with Gasteiger partial charge in [-0.2, -0.15) is 5.10 Å². The maximum absolute atomic E-state index is 13.0. The zero-order valence-corrected chi connectivity index (χ0v) is 15.7. The number of aromatic nitrogens is 3. The Morgan fingerprint density at radius 3 is 2.81 bits per heavy atom. The van der Waals surface area contributed by atoms with Crippen molar-refractivity contribution >= 4 is 11.7 Å². The van der Waals surface area contributed by atoms with Gasteiger partial charge in [-0.25, -0.2) is 0 Å². The SMILES string of the molecule is CN1CCCn2nc(C(=O)N3CCC[C@@H](C(=O)c4ccccn4)C3)cc2C1. The Morgan fingerprint density at radius 2 is 2.00 bits per heavy atom. The molecular weight excluding hydrogens is 342 g/mol. The lowest BCUT2D eigenvalue weighted by atomic mass is 9.91. The molecule has 0 aliphatic carbocycles. The Morgan fingerprint density at radius 1 is 1.11 bits per heavy atom. The van der Waals surface area contributed by atoms with E-state index in [0.717, 1.165) is 44.6 Å². The lowest BCUT2D eigenvalue weighted by Gasteiger charge is -2.31. The highest BCUT2D eigenvalue weighted by atomic mass is 16.2. The van der Waals surface area contributed by atoms with Crippen molar-refractivity contribution in [2.75, 3.05) is 26.7 Å². The number of piperidine rings is 1. The second-order valence-corrected chi connectivity index (χ2v) is 7.50. The minimum atomic E-state index is -0.191. The molecule has 1 saturated heterocycles. The van der Waals surface area contributed by atoms with Gasteiger partial charge < -0.3 is 9.80 Å². The van der Waals surface area contributed by atoms with E-state index < -0.39 is 0 Å². The second kappa shape index (κ2) is 7.60. The molecule has 0 saturated carbocycles. The highest BCUT2D eigenvalue weighted by Crippen LogP contribution is 2.22. The molecule has 7 nitrogen and oxygen atoms in total. The maximum Gasteiger partial charge on any atom is 0.274 e. The monoisotopic (exact) mass is 367 g/mol. The van der Waals surface area contributed by atoms with Crippen molar-refractivity contribution in [2.45, 2.75) is 32.4 Å². The van der Waals surface area contributed by atoms with Crippen LogP contribution in [0, 0.1) is 5.92 Å². The predicted molar refractivity (Wildman–Crippen MR) is 100 cm³/mol. The van der Waals surface area contributed by atoms with Crippen LogP contribution >= 0.6 is 0 Å². The van der Waals surface area contributed by atoms with Crippen LogP contribution in [-0.4, -0.2) is 62.9 Å². The van der Waals surface area contributed by atoms with E-state index in [-0.39, 0.29) is 17.6 Å². The number of pyridine rings is 1. The first kappa shape index (κ1) is 17.9. The van der Waals surface area contributed by atoms with Crippen LogP contribution in [-0.2, 0) is 13.1 Å². The van der Waals surface area contributed by atoms with Gasteiger partial charge in [0, 0.05) is 44.8 Å². The number of fused-ring (bicyclic) bond motifs is 1. The van der Waals surface area contributed by atoms with Crippen LogP contribution < -0.4 is 0 Å². The molecule has 4 rings (SSSR count). The predicted octanol–water partition coefficient (Wildman–Crippen LogP) is 1.85. The molecule has 0 unspecified atom stereocenters. The Hall–Kier alpha value is -2.54. The molecular formula is C20H25N5O2. The molecule has 2 aliphatic heterocycles. The molecule has 0 radical (unpaired) electrons. The quantitative estimate of drug-likeness (QED) is 0.774. The van der Waals surface area contributed by atoms with Gasteiger partial charge in [0.25, 0.3) is 5.91 Å². The Bertz CT molecular complexity index is 832. The number of likely N-dealkylation sites (tertiary alicyclic amines) is 1. The number of amides is 1. The summed E-state index contributed by atoms with van der Waals surface area (Å²) in [5, 5.41) is 4.55. The smallest absolute Gasteiger partial charge is 0.274 e. The average molecular weight is 367 g/mol. The van der Waals surface area contributed by atoms with E-state index in [0.29, 0.717) is 24.5 Å². The molecule has 7 heteroatoms. The topological polar surface area (TPSA) is 71.3 Å². The van der Waals surface area contributed by atoms with Crippen LogP contribution in [0.5, 0.6) is 0 Å². The fourth-order valence-corrected chi connectivity index (χ4v) is 3.98. The number of rotatable bonds is 3. The molecule has 142 valence electrons. The number of carbonyl (C=O) groups is 2. The van der Waals surface area contributed by atoms with Crippen LogP contribution in [0.2, 0.25) is 0 Å². The molecule has 0 aromatic carbocycles. The molecule has 1 atom stereocenters. The fourth-order valence-electron chi connectivity index (χ4n) is 3.98. The summed E-state index contributed by atoms with van der Waals surface area (Å²) in [6, 6.07) is 7.27. The van der Waals surface area contributed by atoms with Crippen LogP contribution in [0.3, 0.4) is 0 Å². The summed E-state index contributed by atoms with van der Waals surface area (Å²) < 4.78 is 1.96. The number of hydrogen-bond donors (Lipinski definition) is 0. The third-order valence-corrected chi connectivity index (χ3v) is 5.42. The van der Waals surface area contributed by atoms with Gasteiger partial charge in [0.2, 0.25) is 0 Å². The lowest BCUT2D eigenvalue weighted by Crippen LogP contribution is -2.42. The molecule has 1 fully saturated rings. The summed E-state index contributed by atoms with van der Waals surface area (Å²) in [4.78, 5) is 33.9. The zero-order valence-electron chi connectivity index (χ0n) is 15.7. The molecule has 0 N–H and O–H groups in total. The first-order valence-electron chi connectivity index (χ1n) is 9.61. The first-order valence-corrected chi connectivity index (χ1v) is 9.61. The zero-order chi connectivity index (χ0) is 18.8. The number of ketones is 1. The van der Waals surface area contributed by atoms with Crippen molar-refractivity contribution in [3.63, 3.8) is 0 Å². The van der Waals surface area contributed by atoms with Crippen LogP contribution in [0.25, 0.3) is 0 Å². The van der Waals surface area contributed by atoms with Crippen LogP contribution in [0.1, 0.15) is 45.9 Å². The number of hydrogen-bond acceptors (Lipinski definition) is 5. The summed E-state index contributed by atoms with van der Waals surface area (Å²) in [7, 11) is 2.09. The third kappa shape index (κ3) is 3.78. The van der Waals surface area contributed by atoms with Crippen molar-refractivity contribution in [3.8, 4) is 0 Å². The van der Waals surface area contributed by atoms with Crippen molar-refractivity contribution in [2.24, 2.45) is 5.92 Å². The maximum atomic E-state index is 13.0. The summed E-state index contributed by atoms with van der Waals surface area (Å²) in [5.74, 6) is -0.240. The molecule has 2 aromatic rings. The summed E-state index contributed by atoms with van der Waals surface area (Å²) >= 11 is 0. The van der Waals surface area contributed by atoms with E-state index in [9.17, 15) is 9.59 Å². The summed E-state index contributed by atoms with van der Waals surface area (Å²) in [6.07, 6.45) is 4.28. The largest absolute Gasteiger partial charge is 0.337 e. The van der Waals surface area contributed by atoms with Gasteiger partial charge in [-0.15, -0.1) is 0 Å². The number of Topliss-reactive ketones (excluding diaryl/α,β-unsaturated/α-hetero) is 1. The molecule has 0 bridgehead atoms. The van der Waals surface area contributed by atoms with Gasteiger partial charge in [0.05, 0.1) is 5.69 Å². The van der Waals surface area contributed by atoms with E-state index in [2.05, 4.69) is 22.0 Å². The number of nitrogens with zero attached hydrogens (tertiary/aromatic N) is 5. The normalized spacial score (nSPS) is 20.8. The van der Waals surface area contributed by atoms with Crippen LogP contribution in [0.15, 0.2) is 30.5 Å². The molecule has 2 aromatic heterocycles. The minimum Gasteiger partial charge on any atom is -0.337 e. The lowest BCUT2D eigenvalue weighted by molar-refractivity contribution is 0.0629. The molecule has 27 heavy (non-hydrogen) atoms. The van der Waals surface area contributed by atoms with E-state index in [1.807, 2.05) is 16.8 Å². The van der Waals surface area contributed by atoms with Gasteiger partial charge in [-0.1, -0.05) is 6.07 Å². The number of carbonyl (C=O) groups excluding carboxylic acids is 2. The van der Waals surface area contributed by atoms with E-state index in [4.69, 9.17) is 0 Å². The Kier molecular flexibility index (Phi) is 5.03. The fraction of sp³-hybridized carbons (Fsp3) is 0.500. The van der Waals surface area contributed by atoms with E-state index in [1.165, 1.54) is 0 Å². The van der Waals surface area contributed by atoms with Crippen molar-refractivity contribution in [1.82, 2.24) is 24.6 Å². The summed E-state index contributed by atoms with van der Waals surface area (Å²) in [6.45, 7) is 3.80. The van der Waals surface area contributed by atoms with Crippen molar-refractivity contribution in [1.29, 1.82) is 0 Å². The van der Waals surface area contributed by atoms with Gasteiger partial charge in [-0.05, 0) is 44.5 Å². The van der Waals surface area contributed by atoms with Crippen LogP contribution in [0.4, 0.5) is 0 Å². The standard InChI is InChI=1S/C20H25N5O2/c1-23-9-5-11-25-16(14-23)12-18(22-25)20(27)24-10-4-6-15(13-24)19(26)17-7-2-3-8-21-17/h2-3,7-8,12,15H,4-6,9-11,13-14H2,1H3/t15-/m1/s1. The molecule has 2 aliphatic rings. The molecule has 0 spiro atoms. The minimum absolute atomic E-state index is 0.0235. The van der Waals surface area contributed by atoms with Gasteiger partial charge >= 0.3 is 0 Å². The van der Waals surface area contributed by atoms with Gasteiger partial charge in [0.1, 0.15) is 5.69 Å². The third-order valence-electron chi connectivity index (χ3n) is 5.42. The van der Waals surface area contributed by atoms with Gasteiger partial charge in [-0.3, -0.25) is 19.3 Å². The molecule has 1 amide bonds. The molecule has 4 heterocycles. The average Bonchev–Trinajstić information content (AvgIpc) is 3.01. The Labute approximate surface area is 159 Å². The second-order valence-electron chi connectivity index (χ2n) is 7.50. The highest BCUT2D eigenvalue weighted by molar-refractivity contribution is 5.97. The van der Waals surface area contributed by atoms with E-state index >= 15 is 0 Å². The summed E-state index contributed by atoms with van der Waals surface area (Å²) in [5.41, 5.74) is 2.05. The first-order chi connectivity index (χ1) is 13.1. The van der Waals surface area contributed by atoms with E-state index in [1.54, 1.807) is 23.2 Å². The van der Waals surface area contributed by atoms with Crippen molar-refractivity contribution in [3.05, 3.63) is 47.5 Å². The Balaban J connectivity index is 1.48.